The summed E-state index contributed by atoms with van der Waals surface area (Å²) in [6.45, 7) is -1.40. The Hall–Kier alpha value is -2.16. The van der Waals surface area contributed by atoms with Crippen LogP contribution in [-0.4, -0.2) is 32.1 Å². The zero-order valence-corrected chi connectivity index (χ0v) is 12.5. The standard InChI is InChI=1S/C13H8BrF3N4O/c14-10-3-1-2-8(20-10)9-4-18-11-5-19-12(6-21(9)11)22-7-13(15,16)17/h1-6H,7H2. The maximum Gasteiger partial charge on any atom is 0.422 e. The van der Waals surface area contributed by atoms with E-state index >= 15 is 0 Å². The van der Waals surface area contributed by atoms with Crippen LogP contribution in [0.5, 0.6) is 5.88 Å². The van der Waals surface area contributed by atoms with Gasteiger partial charge in [0.1, 0.15) is 4.60 Å². The van der Waals surface area contributed by atoms with Crippen LogP contribution in [0.25, 0.3) is 17.0 Å². The number of aromatic nitrogens is 4. The van der Waals surface area contributed by atoms with Crippen LogP contribution in [0.4, 0.5) is 13.2 Å². The molecule has 114 valence electrons. The molecule has 0 N–H and O–H groups in total. The highest BCUT2D eigenvalue weighted by Gasteiger charge is 2.28. The highest BCUT2D eigenvalue weighted by atomic mass is 79.9. The molecule has 9 heteroatoms. The summed E-state index contributed by atoms with van der Waals surface area (Å²) in [4.78, 5) is 12.2. The number of pyridine rings is 1. The fraction of sp³-hybridized carbons (Fsp3) is 0.154. The Balaban J connectivity index is 1.98. The van der Waals surface area contributed by atoms with Gasteiger partial charge in [0.2, 0.25) is 5.88 Å². The summed E-state index contributed by atoms with van der Waals surface area (Å²) in [5.41, 5.74) is 1.72. The van der Waals surface area contributed by atoms with Gasteiger partial charge < -0.3 is 4.74 Å². The fourth-order valence-corrected chi connectivity index (χ4v) is 2.19. The van der Waals surface area contributed by atoms with Gasteiger partial charge in [-0.2, -0.15) is 13.2 Å². The van der Waals surface area contributed by atoms with Gasteiger partial charge in [0.15, 0.2) is 12.3 Å². The maximum absolute atomic E-state index is 12.2. The summed E-state index contributed by atoms with van der Waals surface area (Å²) in [6, 6.07) is 5.34. The van der Waals surface area contributed by atoms with Crippen molar-refractivity contribution in [3.63, 3.8) is 0 Å². The molecule has 0 fully saturated rings. The normalized spacial score (nSPS) is 11.8. The van der Waals surface area contributed by atoms with Gasteiger partial charge in [0.05, 0.1) is 30.0 Å². The number of halogens is 4. The third-order valence-electron chi connectivity index (χ3n) is 2.73. The number of ether oxygens (including phenoxy) is 1. The molecule has 0 saturated heterocycles. The lowest BCUT2D eigenvalue weighted by Crippen LogP contribution is -2.19. The monoisotopic (exact) mass is 372 g/mol. The molecular weight excluding hydrogens is 365 g/mol. The number of fused-ring (bicyclic) bond motifs is 1. The zero-order valence-electron chi connectivity index (χ0n) is 10.9. The van der Waals surface area contributed by atoms with Crippen molar-refractivity contribution in [2.75, 3.05) is 6.61 Å². The summed E-state index contributed by atoms with van der Waals surface area (Å²) in [6.07, 6.45) is -0.154. The Morgan fingerprint density at radius 3 is 2.73 bits per heavy atom. The van der Waals surface area contributed by atoms with Crippen molar-refractivity contribution in [3.8, 4) is 17.3 Å². The SMILES string of the molecule is FC(F)(F)COc1cn2c(-c3cccc(Br)n3)cnc2cn1. The minimum atomic E-state index is -4.42. The molecule has 0 saturated carbocycles. The molecule has 0 spiro atoms. The topological polar surface area (TPSA) is 52.3 Å². The molecule has 3 rings (SSSR count). The number of alkyl halides is 3. The molecule has 0 aromatic carbocycles. The molecule has 3 heterocycles. The molecule has 0 bridgehead atoms. The smallest absolute Gasteiger partial charge is 0.422 e. The van der Waals surface area contributed by atoms with Crippen LogP contribution >= 0.6 is 15.9 Å². The third kappa shape index (κ3) is 3.19. The van der Waals surface area contributed by atoms with Crippen molar-refractivity contribution in [2.45, 2.75) is 6.18 Å². The Morgan fingerprint density at radius 2 is 2.00 bits per heavy atom. The van der Waals surface area contributed by atoms with Crippen LogP contribution in [0.2, 0.25) is 0 Å². The van der Waals surface area contributed by atoms with Crippen LogP contribution in [-0.2, 0) is 0 Å². The predicted molar refractivity (Wildman–Crippen MR) is 75.5 cm³/mol. The van der Waals surface area contributed by atoms with Crippen molar-refractivity contribution < 1.29 is 17.9 Å². The average molecular weight is 373 g/mol. The number of hydrogen-bond acceptors (Lipinski definition) is 4. The molecule has 3 aromatic rings. The van der Waals surface area contributed by atoms with E-state index in [-0.39, 0.29) is 5.88 Å². The van der Waals surface area contributed by atoms with E-state index in [1.54, 1.807) is 28.8 Å². The first-order chi connectivity index (χ1) is 10.4. The second-order valence-electron chi connectivity index (χ2n) is 4.35. The van der Waals surface area contributed by atoms with Crippen molar-refractivity contribution >= 4 is 21.6 Å². The van der Waals surface area contributed by atoms with Gasteiger partial charge in [0, 0.05) is 0 Å². The molecule has 5 nitrogen and oxygen atoms in total. The lowest BCUT2D eigenvalue weighted by Gasteiger charge is -2.09. The second-order valence-corrected chi connectivity index (χ2v) is 5.16. The quantitative estimate of drug-likeness (QED) is 0.660. The molecule has 0 amide bonds. The molecule has 0 radical (unpaired) electrons. The van der Waals surface area contributed by atoms with Crippen LogP contribution in [0, 0.1) is 0 Å². The Kier molecular flexibility index (Phi) is 3.73. The lowest BCUT2D eigenvalue weighted by atomic mass is 10.3. The lowest BCUT2D eigenvalue weighted by molar-refractivity contribution is -0.154. The van der Waals surface area contributed by atoms with Crippen molar-refractivity contribution in [1.82, 2.24) is 19.4 Å². The highest BCUT2D eigenvalue weighted by Crippen LogP contribution is 2.23. The Bertz CT molecular complexity index is 818. The summed E-state index contributed by atoms with van der Waals surface area (Å²) >= 11 is 3.27. The van der Waals surface area contributed by atoms with E-state index in [1.165, 1.54) is 12.4 Å². The maximum atomic E-state index is 12.2. The minimum absolute atomic E-state index is 0.140. The van der Waals surface area contributed by atoms with Gasteiger partial charge in [-0.05, 0) is 28.1 Å². The van der Waals surface area contributed by atoms with Crippen LogP contribution in [0.3, 0.4) is 0 Å². The summed E-state index contributed by atoms with van der Waals surface area (Å²) in [5, 5.41) is 0. The Labute approximate surface area is 130 Å². The van der Waals surface area contributed by atoms with Crippen LogP contribution in [0.15, 0.2) is 41.4 Å². The zero-order chi connectivity index (χ0) is 15.7. The molecular formula is C13H8BrF3N4O. The summed E-state index contributed by atoms with van der Waals surface area (Å²) < 4.78 is 43.5. The van der Waals surface area contributed by atoms with E-state index in [2.05, 4.69) is 35.6 Å². The van der Waals surface area contributed by atoms with Crippen LogP contribution in [0.1, 0.15) is 0 Å². The fourth-order valence-electron chi connectivity index (χ4n) is 1.84. The molecule has 22 heavy (non-hydrogen) atoms. The van der Waals surface area contributed by atoms with E-state index < -0.39 is 12.8 Å². The first-order valence-corrected chi connectivity index (χ1v) is 6.87. The molecule has 0 unspecified atom stereocenters. The molecule has 0 aliphatic heterocycles. The van der Waals surface area contributed by atoms with E-state index in [1.807, 2.05) is 0 Å². The van der Waals surface area contributed by atoms with E-state index in [9.17, 15) is 13.2 Å². The van der Waals surface area contributed by atoms with E-state index in [4.69, 9.17) is 0 Å². The molecule has 0 aliphatic rings. The average Bonchev–Trinajstić information content (AvgIpc) is 2.87. The van der Waals surface area contributed by atoms with Crippen molar-refractivity contribution in [1.29, 1.82) is 0 Å². The van der Waals surface area contributed by atoms with Crippen molar-refractivity contribution in [2.24, 2.45) is 0 Å². The third-order valence-corrected chi connectivity index (χ3v) is 3.18. The summed E-state index contributed by atoms with van der Waals surface area (Å²) in [5.74, 6) is -0.140. The van der Waals surface area contributed by atoms with Crippen molar-refractivity contribution in [3.05, 3.63) is 41.4 Å². The highest BCUT2D eigenvalue weighted by molar-refractivity contribution is 9.10. The predicted octanol–water partition coefficient (Wildman–Crippen LogP) is 3.49. The Morgan fingerprint density at radius 1 is 1.18 bits per heavy atom. The van der Waals surface area contributed by atoms with Crippen LogP contribution < -0.4 is 4.74 Å². The van der Waals surface area contributed by atoms with Gasteiger partial charge in [0.25, 0.3) is 0 Å². The number of rotatable bonds is 3. The number of imidazole rings is 1. The second kappa shape index (κ2) is 5.56. The largest absolute Gasteiger partial charge is 0.467 e. The van der Waals surface area contributed by atoms with E-state index in [0.29, 0.717) is 21.6 Å². The summed E-state index contributed by atoms with van der Waals surface area (Å²) in [7, 11) is 0. The van der Waals surface area contributed by atoms with Gasteiger partial charge in [-0.3, -0.25) is 4.40 Å². The van der Waals surface area contributed by atoms with Gasteiger partial charge in [-0.25, -0.2) is 15.0 Å². The molecule has 0 aliphatic carbocycles. The molecule has 3 aromatic heterocycles. The van der Waals surface area contributed by atoms with E-state index in [0.717, 1.165) is 0 Å². The molecule has 0 atom stereocenters. The first-order valence-electron chi connectivity index (χ1n) is 6.08. The minimum Gasteiger partial charge on any atom is -0.467 e. The van der Waals surface area contributed by atoms with Gasteiger partial charge in [-0.1, -0.05) is 6.07 Å². The first kappa shape index (κ1) is 14.8. The van der Waals surface area contributed by atoms with Gasteiger partial charge >= 0.3 is 6.18 Å². The van der Waals surface area contributed by atoms with Gasteiger partial charge in [-0.15, -0.1) is 0 Å². The number of nitrogens with zero attached hydrogens (tertiary/aromatic N) is 4. The number of hydrogen-bond donors (Lipinski definition) is 0.